The molecule has 0 atom stereocenters. The van der Waals surface area contributed by atoms with E-state index in [1.165, 1.54) is 11.0 Å². The van der Waals surface area contributed by atoms with Crippen molar-refractivity contribution in [2.75, 3.05) is 12.3 Å². The van der Waals surface area contributed by atoms with E-state index in [4.69, 9.17) is 15.7 Å². The first-order valence-corrected chi connectivity index (χ1v) is 5.65. The van der Waals surface area contributed by atoms with Crippen LogP contribution >= 0.6 is 0 Å². The molecule has 1 aromatic heterocycles. The molecule has 7 nitrogen and oxygen atoms in total. The summed E-state index contributed by atoms with van der Waals surface area (Å²) in [6, 6.07) is 2.20. The van der Waals surface area contributed by atoms with E-state index < -0.39 is 5.97 Å². The summed E-state index contributed by atoms with van der Waals surface area (Å²) in [7, 11) is 0. The first-order valence-electron chi connectivity index (χ1n) is 5.65. The third-order valence-electron chi connectivity index (χ3n) is 2.36. The SMILES string of the molecule is CC(C)(C#N)CCCOC(=O)Cn1cnc(N)n1. The molecule has 0 radical (unpaired) electrons. The number of rotatable bonds is 6. The number of anilines is 1. The Labute approximate surface area is 106 Å². The number of nitrogen functional groups attached to an aromatic ring is 1. The second kappa shape index (κ2) is 6.00. The minimum absolute atomic E-state index is 0.00809. The summed E-state index contributed by atoms with van der Waals surface area (Å²) >= 11 is 0. The van der Waals surface area contributed by atoms with Gasteiger partial charge in [0.15, 0.2) is 0 Å². The lowest BCUT2D eigenvalue weighted by Crippen LogP contribution is -2.16. The van der Waals surface area contributed by atoms with E-state index in [-0.39, 0.29) is 17.9 Å². The van der Waals surface area contributed by atoms with E-state index in [0.29, 0.717) is 19.4 Å². The highest BCUT2D eigenvalue weighted by atomic mass is 16.5. The van der Waals surface area contributed by atoms with Crippen molar-refractivity contribution in [1.29, 1.82) is 5.26 Å². The van der Waals surface area contributed by atoms with Crippen LogP contribution in [0.1, 0.15) is 26.7 Å². The van der Waals surface area contributed by atoms with Crippen LogP contribution in [0.15, 0.2) is 6.33 Å². The minimum Gasteiger partial charge on any atom is -0.464 e. The van der Waals surface area contributed by atoms with Crippen molar-refractivity contribution in [2.24, 2.45) is 5.41 Å². The maximum Gasteiger partial charge on any atom is 0.327 e. The van der Waals surface area contributed by atoms with Crippen LogP contribution in [-0.4, -0.2) is 27.3 Å². The second-order valence-electron chi connectivity index (χ2n) is 4.62. The lowest BCUT2D eigenvalue weighted by atomic mass is 9.90. The van der Waals surface area contributed by atoms with Crippen LogP contribution in [0.25, 0.3) is 0 Å². The fourth-order valence-corrected chi connectivity index (χ4v) is 1.32. The summed E-state index contributed by atoms with van der Waals surface area (Å²) in [4.78, 5) is 15.1. The summed E-state index contributed by atoms with van der Waals surface area (Å²) in [6.07, 6.45) is 2.72. The Bertz CT molecular complexity index is 447. The summed E-state index contributed by atoms with van der Waals surface area (Å²) < 4.78 is 6.33. The Balaban J connectivity index is 2.20. The van der Waals surface area contributed by atoms with Gasteiger partial charge in [0.25, 0.3) is 0 Å². The molecule has 0 aliphatic rings. The zero-order valence-electron chi connectivity index (χ0n) is 10.6. The molecule has 18 heavy (non-hydrogen) atoms. The molecule has 1 heterocycles. The number of hydrogen-bond acceptors (Lipinski definition) is 6. The lowest BCUT2D eigenvalue weighted by Gasteiger charge is -2.14. The smallest absolute Gasteiger partial charge is 0.327 e. The molecule has 0 amide bonds. The van der Waals surface area contributed by atoms with E-state index in [2.05, 4.69) is 16.2 Å². The number of aromatic nitrogens is 3. The van der Waals surface area contributed by atoms with Crippen molar-refractivity contribution in [2.45, 2.75) is 33.2 Å². The summed E-state index contributed by atoms with van der Waals surface area (Å²) in [5.74, 6) is -0.270. The first-order chi connectivity index (χ1) is 8.43. The van der Waals surface area contributed by atoms with Crippen LogP contribution in [0.5, 0.6) is 0 Å². The third-order valence-corrected chi connectivity index (χ3v) is 2.36. The zero-order valence-corrected chi connectivity index (χ0v) is 10.6. The van der Waals surface area contributed by atoms with Gasteiger partial charge >= 0.3 is 5.97 Å². The highest BCUT2D eigenvalue weighted by Gasteiger charge is 2.16. The van der Waals surface area contributed by atoms with Crippen molar-refractivity contribution in [3.05, 3.63) is 6.33 Å². The largest absolute Gasteiger partial charge is 0.464 e. The first kappa shape index (κ1) is 14.0. The number of nitrogens with two attached hydrogens (primary N) is 1. The molecular formula is C11H17N5O2. The number of esters is 1. The molecule has 0 aliphatic heterocycles. The highest BCUT2D eigenvalue weighted by molar-refractivity contribution is 5.68. The van der Waals surface area contributed by atoms with Gasteiger partial charge in [-0.05, 0) is 26.7 Å². The molecule has 1 rings (SSSR count). The fourth-order valence-electron chi connectivity index (χ4n) is 1.32. The minimum atomic E-state index is -0.394. The molecular weight excluding hydrogens is 234 g/mol. The number of nitriles is 1. The molecule has 2 N–H and O–H groups in total. The normalized spacial score (nSPS) is 10.9. The van der Waals surface area contributed by atoms with Gasteiger partial charge in [-0.15, -0.1) is 5.10 Å². The Kier molecular flexibility index (Phi) is 4.66. The number of ether oxygens (including phenoxy) is 1. The predicted molar refractivity (Wildman–Crippen MR) is 64.0 cm³/mol. The van der Waals surface area contributed by atoms with E-state index in [1.807, 2.05) is 13.8 Å². The molecule has 0 spiro atoms. The Morgan fingerprint density at radius 2 is 2.39 bits per heavy atom. The Morgan fingerprint density at radius 1 is 1.67 bits per heavy atom. The molecule has 0 aliphatic carbocycles. The van der Waals surface area contributed by atoms with Crippen molar-refractivity contribution in [3.8, 4) is 6.07 Å². The van der Waals surface area contributed by atoms with Gasteiger partial charge in [0.05, 0.1) is 18.1 Å². The van der Waals surface area contributed by atoms with Crippen LogP contribution in [0.3, 0.4) is 0 Å². The summed E-state index contributed by atoms with van der Waals surface area (Å²) in [5.41, 5.74) is 4.93. The standard InChI is InChI=1S/C11H17N5O2/c1-11(2,7-12)4-3-5-18-9(17)6-16-8-14-10(13)15-16/h8H,3-6H2,1-2H3,(H2,13,15). The average molecular weight is 251 g/mol. The topological polar surface area (TPSA) is 107 Å². The summed E-state index contributed by atoms with van der Waals surface area (Å²) in [5, 5.41) is 12.6. The van der Waals surface area contributed by atoms with E-state index in [1.54, 1.807) is 0 Å². The van der Waals surface area contributed by atoms with Gasteiger partial charge in [0.2, 0.25) is 5.95 Å². The molecule has 0 saturated heterocycles. The van der Waals surface area contributed by atoms with Crippen molar-refractivity contribution in [1.82, 2.24) is 14.8 Å². The fraction of sp³-hybridized carbons (Fsp3) is 0.636. The highest BCUT2D eigenvalue weighted by Crippen LogP contribution is 2.20. The number of hydrogen-bond donors (Lipinski definition) is 1. The quantitative estimate of drug-likeness (QED) is 0.590. The molecule has 98 valence electrons. The van der Waals surface area contributed by atoms with E-state index >= 15 is 0 Å². The summed E-state index contributed by atoms with van der Waals surface area (Å²) in [6.45, 7) is 4.00. The van der Waals surface area contributed by atoms with Gasteiger partial charge in [0, 0.05) is 0 Å². The zero-order chi connectivity index (χ0) is 13.6. The number of nitrogens with zero attached hydrogens (tertiary/aromatic N) is 4. The molecule has 0 bridgehead atoms. The van der Waals surface area contributed by atoms with Crippen LogP contribution < -0.4 is 5.73 Å². The van der Waals surface area contributed by atoms with Crippen molar-refractivity contribution < 1.29 is 9.53 Å². The maximum absolute atomic E-state index is 11.4. The van der Waals surface area contributed by atoms with E-state index in [9.17, 15) is 4.79 Å². The molecule has 7 heteroatoms. The predicted octanol–water partition coefficient (Wildman–Crippen LogP) is 0.733. The van der Waals surface area contributed by atoms with Gasteiger partial charge in [-0.1, -0.05) is 0 Å². The van der Waals surface area contributed by atoms with Gasteiger partial charge in [0.1, 0.15) is 12.9 Å². The second-order valence-corrected chi connectivity index (χ2v) is 4.62. The Morgan fingerprint density at radius 3 is 2.94 bits per heavy atom. The lowest BCUT2D eigenvalue weighted by molar-refractivity contribution is -0.144. The maximum atomic E-state index is 11.4. The van der Waals surface area contributed by atoms with Crippen molar-refractivity contribution >= 4 is 11.9 Å². The molecule has 0 fully saturated rings. The number of carbonyl (C=O) groups excluding carboxylic acids is 1. The Hall–Kier alpha value is -2.10. The van der Waals surface area contributed by atoms with Crippen LogP contribution in [0, 0.1) is 16.7 Å². The van der Waals surface area contributed by atoms with Crippen LogP contribution in [-0.2, 0) is 16.1 Å². The van der Waals surface area contributed by atoms with Crippen molar-refractivity contribution in [3.63, 3.8) is 0 Å². The monoisotopic (exact) mass is 251 g/mol. The van der Waals surface area contributed by atoms with E-state index in [0.717, 1.165) is 0 Å². The van der Waals surface area contributed by atoms with Gasteiger partial charge in [-0.25, -0.2) is 9.67 Å². The van der Waals surface area contributed by atoms with Gasteiger partial charge < -0.3 is 10.5 Å². The average Bonchev–Trinajstić information content (AvgIpc) is 2.70. The number of carbonyl (C=O) groups is 1. The van der Waals surface area contributed by atoms with Gasteiger partial charge in [-0.2, -0.15) is 5.26 Å². The van der Waals surface area contributed by atoms with Crippen LogP contribution in [0.4, 0.5) is 5.95 Å². The molecule has 0 aromatic carbocycles. The van der Waals surface area contributed by atoms with Gasteiger partial charge in [-0.3, -0.25) is 4.79 Å². The third kappa shape index (κ3) is 4.82. The van der Waals surface area contributed by atoms with Crippen LogP contribution in [0.2, 0.25) is 0 Å². The molecule has 0 unspecified atom stereocenters. The molecule has 0 saturated carbocycles. The molecule has 1 aromatic rings.